The van der Waals surface area contributed by atoms with Gasteiger partial charge in [-0.15, -0.1) is 0 Å². The number of methoxy groups -OCH3 is 2. The van der Waals surface area contributed by atoms with Crippen molar-refractivity contribution in [2.24, 2.45) is 35.5 Å². The van der Waals surface area contributed by atoms with E-state index in [1.54, 1.807) is 46.1 Å². The molecule has 1 aliphatic carbocycles. The highest BCUT2D eigenvalue weighted by molar-refractivity contribution is 7.88. The summed E-state index contributed by atoms with van der Waals surface area (Å²) in [4.78, 5) is 57.9. The van der Waals surface area contributed by atoms with E-state index in [1.807, 2.05) is 45.9 Å². The highest BCUT2D eigenvalue weighted by atomic mass is 32.2. The molecule has 0 radical (unpaired) electrons. The summed E-state index contributed by atoms with van der Waals surface area (Å²) in [6.45, 7) is 13.1. The molecule has 0 aromatic carbocycles. The zero-order chi connectivity index (χ0) is 49.8. The number of aliphatic hydroxyl groups is 3. The molecule has 4 rings (SSSR count). The van der Waals surface area contributed by atoms with Gasteiger partial charge in [0.05, 0.1) is 24.6 Å². The van der Waals surface area contributed by atoms with E-state index >= 15 is 0 Å². The molecule has 0 unspecified atom stereocenters. The molecular weight excluding hydrogens is 881 g/mol. The Morgan fingerprint density at radius 1 is 0.866 bits per heavy atom. The van der Waals surface area contributed by atoms with Crippen LogP contribution in [0.15, 0.2) is 47.6 Å². The van der Waals surface area contributed by atoms with Crippen molar-refractivity contribution in [1.82, 2.24) is 9.62 Å². The van der Waals surface area contributed by atoms with E-state index in [9.17, 15) is 42.9 Å². The lowest BCUT2D eigenvalue weighted by atomic mass is 9.78. The van der Waals surface area contributed by atoms with Gasteiger partial charge < -0.3 is 39.2 Å². The summed E-state index contributed by atoms with van der Waals surface area (Å²) in [5.41, 5.74) is 1.22. The maximum absolute atomic E-state index is 14.4. The Morgan fingerprint density at radius 2 is 1.58 bits per heavy atom. The first-order valence-electron chi connectivity index (χ1n) is 24.6. The van der Waals surface area contributed by atoms with Gasteiger partial charge in [-0.1, -0.05) is 76.6 Å². The molecule has 15 nitrogen and oxygen atoms in total. The number of piperidine rings is 1. The molecule has 16 heteroatoms. The van der Waals surface area contributed by atoms with Gasteiger partial charge in [-0.05, 0) is 127 Å². The van der Waals surface area contributed by atoms with Crippen molar-refractivity contribution in [3.63, 3.8) is 0 Å². The van der Waals surface area contributed by atoms with Crippen LogP contribution in [0.5, 0.6) is 0 Å². The van der Waals surface area contributed by atoms with Gasteiger partial charge in [-0.25, -0.2) is 17.9 Å². The Balaban J connectivity index is 1.71. The molecule has 4 N–H and O–H groups in total. The predicted octanol–water partition coefficient (Wildman–Crippen LogP) is 5.90. The topological polar surface area (TPSA) is 215 Å². The highest BCUT2D eigenvalue weighted by Crippen LogP contribution is 2.38. The number of nitrogens with one attached hydrogen (secondary N) is 1. The molecule has 2 bridgehead atoms. The maximum Gasteiger partial charge on any atom is 0.329 e. The van der Waals surface area contributed by atoms with Crippen LogP contribution in [0.3, 0.4) is 0 Å². The smallest absolute Gasteiger partial charge is 0.329 e. The summed E-state index contributed by atoms with van der Waals surface area (Å²) in [6, 6.07) is -1.85. The number of amides is 1. The Labute approximate surface area is 400 Å². The van der Waals surface area contributed by atoms with E-state index in [1.165, 1.54) is 12.0 Å². The van der Waals surface area contributed by atoms with Gasteiger partial charge in [0.15, 0.2) is 5.78 Å². The molecule has 15 atom stereocenters. The molecule has 0 spiro atoms. The van der Waals surface area contributed by atoms with Crippen LogP contribution in [0, 0.1) is 35.5 Å². The molecule has 380 valence electrons. The third-order valence-electron chi connectivity index (χ3n) is 14.6. The summed E-state index contributed by atoms with van der Waals surface area (Å²) in [6.07, 6.45) is 14.0. The zero-order valence-corrected chi connectivity index (χ0v) is 42.5. The minimum Gasteiger partial charge on any atom is -0.461 e. The Bertz CT molecular complexity index is 1920. The van der Waals surface area contributed by atoms with E-state index in [2.05, 4.69) is 4.72 Å². The maximum atomic E-state index is 14.4. The number of ketones is 2. The van der Waals surface area contributed by atoms with E-state index < -0.39 is 87.9 Å². The van der Waals surface area contributed by atoms with E-state index in [0.717, 1.165) is 12.7 Å². The number of allylic oxidation sites excluding steroid dienone is 6. The molecule has 3 aliphatic heterocycles. The normalized spacial score (nSPS) is 39.8. The van der Waals surface area contributed by atoms with Crippen molar-refractivity contribution in [2.75, 3.05) is 27.0 Å². The Kier molecular flexibility index (Phi) is 21.6. The summed E-state index contributed by atoms with van der Waals surface area (Å²) in [5.74, 6) is -6.84. The van der Waals surface area contributed by atoms with Crippen LogP contribution in [0.1, 0.15) is 132 Å². The fourth-order valence-corrected chi connectivity index (χ4v) is 11.3. The van der Waals surface area contributed by atoms with Crippen LogP contribution in [-0.4, -0.2) is 134 Å². The van der Waals surface area contributed by atoms with Crippen molar-refractivity contribution < 1.29 is 61.9 Å². The van der Waals surface area contributed by atoms with Crippen LogP contribution in [-0.2, 0) is 48.1 Å². The highest BCUT2D eigenvalue weighted by Gasteiger charge is 2.53. The number of nitrogens with zero attached hydrogens (tertiary/aromatic N) is 1. The first-order valence-corrected chi connectivity index (χ1v) is 26.5. The lowest BCUT2D eigenvalue weighted by Crippen LogP contribution is -2.61. The van der Waals surface area contributed by atoms with Gasteiger partial charge in [0.1, 0.15) is 24.4 Å². The summed E-state index contributed by atoms with van der Waals surface area (Å²) in [7, 11) is -0.709. The zero-order valence-electron chi connectivity index (χ0n) is 41.7. The first kappa shape index (κ1) is 56.5. The van der Waals surface area contributed by atoms with Crippen LogP contribution < -0.4 is 4.72 Å². The molecule has 3 fully saturated rings. The van der Waals surface area contributed by atoms with Gasteiger partial charge in [0, 0.05) is 38.6 Å². The lowest BCUT2D eigenvalue weighted by Gasteiger charge is -2.43. The second-order valence-electron chi connectivity index (χ2n) is 20.4. The minimum atomic E-state index is -3.72. The van der Waals surface area contributed by atoms with Crippen molar-refractivity contribution in [3.8, 4) is 0 Å². The van der Waals surface area contributed by atoms with Gasteiger partial charge >= 0.3 is 5.97 Å². The van der Waals surface area contributed by atoms with E-state index in [4.69, 9.17) is 18.9 Å². The predicted molar refractivity (Wildman–Crippen MR) is 256 cm³/mol. The molecular formula is C51H82N2O13S. The lowest BCUT2D eigenvalue weighted by molar-refractivity contribution is -0.264. The molecule has 2 saturated heterocycles. The Morgan fingerprint density at radius 3 is 2.25 bits per heavy atom. The van der Waals surface area contributed by atoms with Crippen molar-refractivity contribution in [1.29, 1.82) is 0 Å². The number of cyclic esters (lactones) is 1. The number of fused-ring (bicyclic) bond motifs is 3. The summed E-state index contributed by atoms with van der Waals surface area (Å²) in [5, 5.41) is 34.0. The number of carbonyl (C=O) groups excluding carboxylic acids is 4. The fraction of sp³-hybridized carbons (Fsp3) is 0.765. The number of ether oxygens (including phenoxy) is 4. The number of esters is 1. The van der Waals surface area contributed by atoms with Crippen molar-refractivity contribution in [3.05, 3.63) is 47.6 Å². The SMILES string of the molecule is CO[C@@H]1C[C@H](C[C@@H](C)[C@@H]2CC[C@H](C)/C=C(\C)[C@@H](O)[C@@H](OC)C(=O)[C@H](C)C[C@H](C)/C=C/C=C/C=C(\C)[C@H](NS(C)(=O)=O)C[C@@H]3CC[C@@H](C)[C@@](O)(O3)C(=O)C(=O)N3CCCC[C@H]3C(=O)O2)CC[C@H]1O. The number of sulfonamides is 1. The third kappa shape index (κ3) is 16.0. The standard InChI is InChI=1S/C51H82N2O13S/c1-31-16-12-11-13-17-33(3)40(52-67(10,61)62)30-39-22-20-37(7)51(60,66-39)48(57)49(58)53-25-15-14-18-41(53)50(59)65-43(34(4)28-38-21-23-42(54)44(29-38)63-8)24-19-32(2)27-36(6)46(56)47(64-9)45(55)35(5)26-31/h11-13,16-17,27,31-32,34-35,37-44,46-47,52,54,56,60H,14-15,18-26,28-30H2,1-10H3/b13-11+,16-12+,33-17+,36-27+/t31-,32+,34-,35-,37-,38+,39+,40-,41+,42-,43+,44-,46-,47+,51-/m1/s1. The number of hydrogen-bond donors (Lipinski definition) is 4. The van der Waals surface area contributed by atoms with E-state index in [0.29, 0.717) is 75.4 Å². The monoisotopic (exact) mass is 963 g/mol. The molecule has 4 aliphatic rings. The second kappa shape index (κ2) is 25.7. The average Bonchev–Trinajstić information content (AvgIpc) is 3.27. The first-order chi connectivity index (χ1) is 31.5. The van der Waals surface area contributed by atoms with Crippen LogP contribution in [0.4, 0.5) is 0 Å². The average molecular weight is 963 g/mol. The number of carbonyl (C=O) groups is 4. The third-order valence-corrected chi connectivity index (χ3v) is 15.4. The molecule has 3 heterocycles. The van der Waals surface area contributed by atoms with Gasteiger partial charge in [-0.3, -0.25) is 14.4 Å². The van der Waals surface area contributed by atoms with Crippen LogP contribution >= 0.6 is 0 Å². The molecule has 67 heavy (non-hydrogen) atoms. The van der Waals surface area contributed by atoms with Gasteiger partial charge in [0.2, 0.25) is 15.8 Å². The molecule has 1 amide bonds. The quantitative estimate of drug-likeness (QED) is 0.133. The van der Waals surface area contributed by atoms with Crippen LogP contribution in [0.2, 0.25) is 0 Å². The van der Waals surface area contributed by atoms with Gasteiger partial charge in [-0.2, -0.15) is 0 Å². The number of Topliss-reactive ketones (excluding diaryl/α,β-unsaturated/α-hetero) is 2. The van der Waals surface area contributed by atoms with E-state index in [-0.39, 0.29) is 54.9 Å². The summed E-state index contributed by atoms with van der Waals surface area (Å²) < 4.78 is 51.5. The van der Waals surface area contributed by atoms with Crippen LogP contribution in [0.25, 0.3) is 0 Å². The number of rotatable bonds is 7. The Hall–Kier alpha value is -3.09. The molecule has 0 aromatic heterocycles. The number of hydrogen-bond acceptors (Lipinski definition) is 13. The number of aliphatic hydroxyl groups excluding tert-OH is 2. The molecule has 0 aromatic rings. The molecule has 1 saturated carbocycles. The van der Waals surface area contributed by atoms with Gasteiger partial charge in [0.25, 0.3) is 11.7 Å². The summed E-state index contributed by atoms with van der Waals surface area (Å²) >= 11 is 0. The van der Waals surface area contributed by atoms with Crippen molar-refractivity contribution in [2.45, 2.75) is 186 Å². The second-order valence-corrected chi connectivity index (χ2v) is 22.2. The van der Waals surface area contributed by atoms with Crippen molar-refractivity contribution >= 4 is 33.5 Å². The fourth-order valence-electron chi connectivity index (χ4n) is 10.5. The minimum absolute atomic E-state index is 0.00819. The largest absolute Gasteiger partial charge is 0.461 e.